The molecule has 0 saturated carbocycles. The fraction of sp³-hybridized carbons (Fsp3) is 0.538. The van der Waals surface area contributed by atoms with E-state index in [1.54, 1.807) is 7.11 Å². The summed E-state index contributed by atoms with van der Waals surface area (Å²) < 4.78 is 11.5. The van der Waals surface area contributed by atoms with E-state index < -0.39 is 0 Å². The molecule has 0 saturated heterocycles. The summed E-state index contributed by atoms with van der Waals surface area (Å²) in [6, 6.07) is 14.0. The van der Waals surface area contributed by atoms with E-state index in [0.717, 1.165) is 35.2 Å². The van der Waals surface area contributed by atoms with Gasteiger partial charge in [-0.1, -0.05) is 86.6 Å². The molecule has 0 amide bonds. The van der Waals surface area contributed by atoms with Gasteiger partial charge in [-0.05, 0) is 54.5 Å². The lowest BCUT2D eigenvalue weighted by atomic mass is 9.93. The molecule has 2 aromatic carbocycles. The predicted octanol–water partition coefficient (Wildman–Crippen LogP) is 9.02. The molecule has 2 heteroatoms. The predicted molar refractivity (Wildman–Crippen MR) is 126 cm³/mol. The van der Waals surface area contributed by atoms with E-state index in [-0.39, 0.29) is 0 Å². The second kappa shape index (κ2) is 17.2. The fourth-order valence-electron chi connectivity index (χ4n) is 2.33. The Morgan fingerprint density at radius 2 is 1.32 bits per heavy atom. The van der Waals surface area contributed by atoms with Crippen LogP contribution in [0.15, 0.2) is 42.5 Å². The van der Waals surface area contributed by atoms with Gasteiger partial charge in [-0.2, -0.15) is 0 Å². The van der Waals surface area contributed by atoms with E-state index in [9.17, 15) is 0 Å². The summed E-state index contributed by atoms with van der Waals surface area (Å²) in [7, 11) is 1.68. The molecule has 0 aromatic heterocycles. The summed E-state index contributed by atoms with van der Waals surface area (Å²) in [5, 5.41) is 0. The molecule has 2 nitrogen and oxygen atoms in total. The Kier molecular flexibility index (Phi) is 17.3. The third-order valence-corrected chi connectivity index (χ3v) is 3.74. The standard InChI is InChI=1S/C18H22O2.C4H10.2C2H6/c1-5-13(2)16-11-12-17(19-4)18(14(16)3)20-15-9-7-6-8-10-15;1-4(2)3;2*1-2/h6-13H,5H2,1-4H3;4H,1-3H3;2*1-2H3. The topological polar surface area (TPSA) is 18.5 Å². The maximum absolute atomic E-state index is 6.04. The van der Waals surface area contributed by atoms with Gasteiger partial charge in [0.15, 0.2) is 11.5 Å². The van der Waals surface area contributed by atoms with Crippen LogP contribution in [0, 0.1) is 12.8 Å². The second-order valence-corrected chi connectivity index (χ2v) is 6.77. The van der Waals surface area contributed by atoms with Crippen molar-refractivity contribution in [2.24, 2.45) is 5.92 Å². The Morgan fingerprint density at radius 1 is 0.821 bits per heavy atom. The van der Waals surface area contributed by atoms with Crippen LogP contribution in [0.4, 0.5) is 0 Å². The average Bonchev–Trinajstić information content (AvgIpc) is 2.72. The van der Waals surface area contributed by atoms with Crippen molar-refractivity contribution in [1.29, 1.82) is 0 Å². The van der Waals surface area contributed by atoms with E-state index in [2.05, 4.69) is 47.6 Å². The minimum absolute atomic E-state index is 0.513. The van der Waals surface area contributed by atoms with Gasteiger partial charge >= 0.3 is 0 Å². The Morgan fingerprint density at radius 3 is 1.75 bits per heavy atom. The molecular weight excluding hydrogens is 344 g/mol. The lowest BCUT2D eigenvalue weighted by Crippen LogP contribution is -2.00. The molecule has 0 aliphatic heterocycles. The van der Waals surface area contributed by atoms with Crippen molar-refractivity contribution in [2.45, 2.75) is 81.6 Å². The van der Waals surface area contributed by atoms with Gasteiger partial charge in [-0.3, -0.25) is 0 Å². The number of para-hydroxylation sites is 1. The van der Waals surface area contributed by atoms with E-state index in [1.807, 2.05) is 64.1 Å². The van der Waals surface area contributed by atoms with Gasteiger partial charge in [0.25, 0.3) is 0 Å². The van der Waals surface area contributed by atoms with E-state index >= 15 is 0 Å². The SMILES string of the molecule is CC.CC.CC(C)C.CCC(C)c1ccc(OC)c(Oc2ccccc2)c1C. The van der Waals surface area contributed by atoms with Crippen LogP contribution in [0.1, 0.15) is 85.8 Å². The summed E-state index contributed by atoms with van der Waals surface area (Å²) in [6.07, 6.45) is 1.11. The van der Waals surface area contributed by atoms with Crippen molar-refractivity contribution in [1.82, 2.24) is 0 Å². The van der Waals surface area contributed by atoms with E-state index in [4.69, 9.17) is 9.47 Å². The normalized spacial score (nSPS) is 10.3. The molecule has 0 spiro atoms. The van der Waals surface area contributed by atoms with Crippen LogP contribution in [-0.4, -0.2) is 7.11 Å². The lowest BCUT2D eigenvalue weighted by Gasteiger charge is -2.19. The van der Waals surface area contributed by atoms with Gasteiger partial charge < -0.3 is 9.47 Å². The zero-order valence-electron chi connectivity index (χ0n) is 20.2. The molecule has 1 atom stereocenters. The van der Waals surface area contributed by atoms with Crippen molar-refractivity contribution in [2.75, 3.05) is 7.11 Å². The highest BCUT2D eigenvalue weighted by Crippen LogP contribution is 2.39. The van der Waals surface area contributed by atoms with Gasteiger partial charge in [0, 0.05) is 0 Å². The number of methoxy groups -OCH3 is 1. The largest absolute Gasteiger partial charge is 0.493 e. The van der Waals surface area contributed by atoms with Gasteiger partial charge in [0.1, 0.15) is 5.75 Å². The maximum Gasteiger partial charge on any atom is 0.172 e. The van der Waals surface area contributed by atoms with E-state index in [0.29, 0.717) is 5.92 Å². The summed E-state index contributed by atoms with van der Waals surface area (Å²) in [4.78, 5) is 0. The molecule has 0 radical (unpaired) electrons. The summed E-state index contributed by atoms with van der Waals surface area (Å²) in [5.74, 6) is 3.77. The fourth-order valence-corrected chi connectivity index (χ4v) is 2.33. The van der Waals surface area contributed by atoms with Crippen LogP contribution in [0.5, 0.6) is 17.2 Å². The molecule has 0 aliphatic rings. The Hall–Kier alpha value is -1.96. The first-order chi connectivity index (χ1) is 13.4. The van der Waals surface area contributed by atoms with Crippen molar-refractivity contribution < 1.29 is 9.47 Å². The molecule has 2 aromatic rings. The maximum atomic E-state index is 6.04. The average molecular weight is 389 g/mol. The first-order valence-corrected chi connectivity index (χ1v) is 10.8. The van der Waals surface area contributed by atoms with Crippen molar-refractivity contribution in [3.63, 3.8) is 0 Å². The van der Waals surface area contributed by atoms with Crippen molar-refractivity contribution >= 4 is 0 Å². The van der Waals surface area contributed by atoms with E-state index in [1.165, 1.54) is 5.56 Å². The van der Waals surface area contributed by atoms with Crippen molar-refractivity contribution in [3.05, 3.63) is 53.6 Å². The van der Waals surface area contributed by atoms with Crippen LogP contribution in [0.25, 0.3) is 0 Å². The highest BCUT2D eigenvalue weighted by molar-refractivity contribution is 5.52. The smallest absolute Gasteiger partial charge is 0.172 e. The molecule has 0 fully saturated rings. The number of benzene rings is 2. The van der Waals surface area contributed by atoms with Gasteiger partial charge in [0.05, 0.1) is 7.11 Å². The van der Waals surface area contributed by atoms with Gasteiger partial charge in [-0.15, -0.1) is 0 Å². The number of hydrogen-bond acceptors (Lipinski definition) is 2. The van der Waals surface area contributed by atoms with Crippen molar-refractivity contribution in [3.8, 4) is 17.2 Å². The van der Waals surface area contributed by atoms with Crippen LogP contribution < -0.4 is 9.47 Å². The third kappa shape index (κ3) is 10.4. The molecule has 160 valence electrons. The third-order valence-electron chi connectivity index (χ3n) is 3.74. The van der Waals surface area contributed by atoms with Crippen LogP contribution in [0.2, 0.25) is 0 Å². The highest BCUT2D eigenvalue weighted by Gasteiger charge is 2.16. The van der Waals surface area contributed by atoms with Crippen LogP contribution >= 0.6 is 0 Å². The Bertz CT molecular complexity index is 601. The molecule has 0 N–H and O–H groups in total. The second-order valence-electron chi connectivity index (χ2n) is 6.77. The van der Waals surface area contributed by atoms with Gasteiger partial charge in [0.2, 0.25) is 0 Å². The first-order valence-electron chi connectivity index (χ1n) is 10.8. The molecular formula is C26H44O2. The molecule has 0 bridgehead atoms. The minimum atomic E-state index is 0.513. The zero-order valence-corrected chi connectivity index (χ0v) is 20.2. The number of ether oxygens (including phenoxy) is 2. The zero-order chi connectivity index (χ0) is 22.1. The molecule has 1 unspecified atom stereocenters. The lowest BCUT2D eigenvalue weighted by molar-refractivity contribution is 0.376. The summed E-state index contributed by atoms with van der Waals surface area (Å²) in [5.41, 5.74) is 2.47. The highest BCUT2D eigenvalue weighted by atomic mass is 16.5. The van der Waals surface area contributed by atoms with Crippen LogP contribution in [0.3, 0.4) is 0 Å². The van der Waals surface area contributed by atoms with Gasteiger partial charge in [-0.25, -0.2) is 0 Å². The van der Waals surface area contributed by atoms with Crippen LogP contribution in [-0.2, 0) is 0 Å². The summed E-state index contributed by atoms with van der Waals surface area (Å²) in [6.45, 7) is 21.0. The quantitative estimate of drug-likeness (QED) is 0.508. The number of hydrogen-bond donors (Lipinski definition) is 0. The minimum Gasteiger partial charge on any atom is -0.493 e. The molecule has 0 aliphatic carbocycles. The Balaban J connectivity index is 0. The monoisotopic (exact) mass is 388 g/mol. The Labute approximate surface area is 175 Å². The molecule has 0 heterocycles. The summed E-state index contributed by atoms with van der Waals surface area (Å²) >= 11 is 0. The molecule has 28 heavy (non-hydrogen) atoms. The number of rotatable bonds is 5. The first kappa shape index (κ1) is 28.3. The molecule has 2 rings (SSSR count).